The van der Waals surface area contributed by atoms with Gasteiger partial charge in [-0.3, -0.25) is 4.52 Å². The van der Waals surface area contributed by atoms with Crippen LogP contribution in [0.15, 0.2) is 45.7 Å². The third-order valence-corrected chi connectivity index (χ3v) is 4.47. The summed E-state index contributed by atoms with van der Waals surface area (Å²) in [5, 5.41) is 4.60. The molecule has 0 N–H and O–H groups in total. The van der Waals surface area contributed by atoms with Gasteiger partial charge in [-0.05, 0) is 29.4 Å². The normalized spacial score (nSPS) is 10.9. The van der Waals surface area contributed by atoms with Crippen LogP contribution in [-0.2, 0) is 0 Å². The lowest BCUT2D eigenvalue weighted by Gasteiger charge is -2.14. The van der Waals surface area contributed by atoms with E-state index in [-0.39, 0.29) is 5.88 Å². The molecule has 0 aliphatic rings. The highest BCUT2D eigenvalue weighted by Gasteiger charge is 2.18. The molecule has 0 bridgehead atoms. The summed E-state index contributed by atoms with van der Waals surface area (Å²) in [5.74, 6) is 1.77. The molecule has 2 aromatic carbocycles. The summed E-state index contributed by atoms with van der Waals surface area (Å²) in [7, 11) is 6.10. The molecule has 0 saturated carbocycles. The molecule has 2 aromatic heterocycles. The zero-order valence-corrected chi connectivity index (χ0v) is 16.2. The largest absolute Gasteiger partial charge is 0.497 e. The molecule has 0 saturated heterocycles. The van der Waals surface area contributed by atoms with Crippen LogP contribution in [0.4, 0.5) is 0 Å². The number of benzene rings is 2. The van der Waals surface area contributed by atoms with Gasteiger partial charge in [-0.2, -0.15) is 0 Å². The van der Waals surface area contributed by atoms with Crippen molar-refractivity contribution >= 4 is 16.4 Å². The fourth-order valence-corrected chi connectivity index (χ4v) is 3.14. The molecule has 0 spiro atoms. The van der Waals surface area contributed by atoms with Crippen molar-refractivity contribution < 1.29 is 28.2 Å². The maximum Gasteiger partial charge on any atom is 0.445 e. The molecular weight excluding hydrogens is 380 g/mol. The van der Waals surface area contributed by atoms with Gasteiger partial charge in [0.05, 0.1) is 34.0 Å². The molecule has 150 valence electrons. The van der Waals surface area contributed by atoms with Gasteiger partial charge in [0.25, 0.3) is 5.88 Å². The number of hydrogen-bond acceptors (Lipinski definition) is 8. The Morgan fingerprint density at radius 2 is 1.55 bits per heavy atom. The SMILES string of the molecule is COc1ccc2c(c1)cc1c(Oc3cc(OC)c(OC)c(OC)c3)noc(=O)n12. The Morgan fingerprint density at radius 3 is 2.17 bits per heavy atom. The van der Waals surface area contributed by atoms with Crippen molar-refractivity contribution in [2.75, 3.05) is 28.4 Å². The Hall–Kier alpha value is -3.88. The highest BCUT2D eigenvalue weighted by atomic mass is 16.6. The molecule has 0 unspecified atom stereocenters. The second kappa shape index (κ2) is 7.27. The second-order valence-electron chi connectivity index (χ2n) is 6.01. The first-order valence-corrected chi connectivity index (χ1v) is 8.56. The van der Waals surface area contributed by atoms with Crippen molar-refractivity contribution in [3.8, 4) is 34.6 Å². The highest BCUT2D eigenvalue weighted by Crippen LogP contribution is 2.42. The molecule has 9 nitrogen and oxygen atoms in total. The van der Waals surface area contributed by atoms with Gasteiger partial charge in [0.15, 0.2) is 11.5 Å². The number of aromatic nitrogens is 2. The summed E-state index contributed by atoms with van der Waals surface area (Å²) in [4.78, 5) is 12.3. The van der Waals surface area contributed by atoms with Crippen LogP contribution in [0.1, 0.15) is 0 Å². The molecule has 0 aliphatic heterocycles. The first kappa shape index (κ1) is 18.5. The second-order valence-corrected chi connectivity index (χ2v) is 6.01. The number of hydrogen-bond donors (Lipinski definition) is 0. The zero-order chi connectivity index (χ0) is 20.5. The van der Waals surface area contributed by atoms with Gasteiger partial charge in [-0.15, -0.1) is 0 Å². The van der Waals surface area contributed by atoms with Gasteiger partial charge < -0.3 is 23.7 Å². The topological polar surface area (TPSA) is 93.7 Å². The van der Waals surface area contributed by atoms with Crippen molar-refractivity contribution in [1.82, 2.24) is 9.56 Å². The van der Waals surface area contributed by atoms with Crippen molar-refractivity contribution in [3.05, 3.63) is 46.9 Å². The van der Waals surface area contributed by atoms with Crippen LogP contribution >= 0.6 is 0 Å². The van der Waals surface area contributed by atoms with Gasteiger partial charge in [0, 0.05) is 17.5 Å². The lowest BCUT2D eigenvalue weighted by molar-refractivity contribution is 0.299. The van der Waals surface area contributed by atoms with Crippen molar-refractivity contribution in [2.24, 2.45) is 0 Å². The van der Waals surface area contributed by atoms with Crippen LogP contribution in [0.2, 0.25) is 0 Å². The minimum absolute atomic E-state index is 0.106. The van der Waals surface area contributed by atoms with Gasteiger partial charge in [-0.25, -0.2) is 9.20 Å². The lowest BCUT2D eigenvalue weighted by atomic mass is 10.2. The van der Waals surface area contributed by atoms with E-state index in [0.717, 1.165) is 5.39 Å². The van der Waals surface area contributed by atoms with E-state index in [0.29, 0.717) is 39.8 Å². The van der Waals surface area contributed by atoms with Gasteiger partial charge in [-0.1, -0.05) is 0 Å². The lowest BCUT2D eigenvalue weighted by Crippen LogP contribution is -2.12. The zero-order valence-electron chi connectivity index (χ0n) is 16.2. The van der Waals surface area contributed by atoms with Crippen molar-refractivity contribution in [3.63, 3.8) is 0 Å². The summed E-state index contributed by atoms with van der Waals surface area (Å²) >= 11 is 0. The smallest absolute Gasteiger partial charge is 0.445 e. The number of ether oxygens (including phenoxy) is 5. The van der Waals surface area contributed by atoms with Gasteiger partial charge in [0.2, 0.25) is 5.75 Å². The fraction of sp³-hybridized carbons (Fsp3) is 0.200. The van der Waals surface area contributed by atoms with E-state index in [1.165, 1.54) is 25.7 Å². The Balaban J connectivity index is 1.87. The summed E-state index contributed by atoms with van der Waals surface area (Å²) in [6, 6.07) is 10.3. The van der Waals surface area contributed by atoms with Crippen LogP contribution in [0.3, 0.4) is 0 Å². The molecule has 0 amide bonds. The summed E-state index contributed by atoms with van der Waals surface area (Å²) in [5.41, 5.74) is 1.09. The third-order valence-electron chi connectivity index (χ3n) is 4.47. The summed E-state index contributed by atoms with van der Waals surface area (Å²) < 4.78 is 33.5. The molecule has 0 radical (unpaired) electrons. The first-order valence-electron chi connectivity index (χ1n) is 8.56. The van der Waals surface area contributed by atoms with E-state index in [1.807, 2.05) is 6.07 Å². The molecule has 29 heavy (non-hydrogen) atoms. The number of methoxy groups -OCH3 is 4. The van der Waals surface area contributed by atoms with Gasteiger partial charge in [0.1, 0.15) is 17.0 Å². The Morgan fingerprint density at radius 1 is 0.828 bits per heavy atom. The standard InChI is InChI=1S/C20H18N2O7/c1-24-12-5-6-14-11(7-12)8-15-19(21-29-20(23)22(14)15)28-13-9-16(25-2)18(27-4)17(10-13)26-3/h5-10H,1-4H3. The van der Waals surface area contributed by atoms with Crippen LogP contribution in [-0.4, -0.2) is 38.0 Å². The Labute approximate surface area is 164 Å². The predicted octanol–water partition coefficient (Wildman–Crippen LogP) is 3.27. The maximum atomic E-state index is 12.3. The third kappa shape index (κ3) is 3.06. The van der Waals surface area contributed by atoms with Crippen LogP contribution in [0.25, 0.3) is 16.4 Å². The molecule has 0 fully saturated rings. The first-order chi connectivity index (χ1) is 14.1. The molecule has 0 aliphatic carbocycles. The molecule has 4 rings (SSSR count). The number of rotatable bonds is 6. The number of fused-ring (bicyclic) bond motifs is 3. The molecule has 9 heteroatoms. The molecular formula is C20H18N2O7. The van der Waals surface area contributed by atoms with E-state index in [4.69, 9.17) is 28.2 Å². The van der Waals surface area contributed by atoms with E-state index < -0.39 is 5.76 Å². The summed E-state index contributed by atoms with van der Waals surface area (Å²) in [6.45, 7) is 0. The van der Waals surface area contributed by atoms with Crippen LogP contribution < -0.4 is 29.4 Å². The van der Waals surface area contributed by atoms with Crippen LogP contribution in [0.5, 0.6) is 34.6 Å². The van der Waals surface area contributed by atoms with E-state index in [2.05, 4.69) is 5.16 Å². The molecule has 2 heterocycles. The van der Waals surface area contributed by atoms with Crippen LogP contribution in [0, 0.1) is 0 Å². The minimum atomic E-state index is -0.627. The molecule has 4 aromatic rings. The summed E-state index contributed by atoms with van der Waals surface area (Å²) in [6.07, 6.45) is 0. The van der Waals surface area contributed by atoms with Gasteiger partial charge >= 0.3 is 5.76 Å². The molecule has 0 atom stereocenters. The average molecular weight is 398 g/mol. The predicted molar refractivity (Wildman–Crippen MR) is 104 cm³/mol. The monoisotopic (exact) mass is 398 g/mol. The average Bonchev–Trinajstić information content (AvgIpc) is 3.14. The highest BCUT2D eigenvalue weighted by molar-refractivity contribution is 5.89. The fourth-order valence-electron chi connectivity index (χ4n) is 3.14. The minimum Gasteiger partial charge on any atom is -0.497 e. The van der Waals surface area contributed by atoms with Crippen molar-refractivity contribution in [2.45, 2.75) is 0 Å². The maximum absolute atomic E-state index is 12.3. The Bertz CT molecular complexity index is 1230. The van der Waals surface area contributed by atoms with E-state index in [1.54, 1.807) is 37.4 Å². The number of nitrogens with zero attached hydrogens (tertiary/aromatic N) is 2. The van der Waals surface area contributed by atoms with E-state index >= 15 is 0 Å². The quantitative estimate of drug-likeness (QED) is 0.489. The Kier molecular flexibility index (Phi) is 4.63. The van der Waals surface area contributed by atoms with E-state index in [9.17, 15) is 4.79 Å². The van der Waals surface area contributed by atoms with Crippen molar-refractivity contribution in [1.29, 1.82) is 0 Å².